The van der Waals surface area contributed by atoms with Crippen LogP contribution in [0, 0.1) is 5.92 Å². The van der Waals surface area contributed by atoms with Crippen LogP contribution in [0.4, 0.5) is 0 Å². The highest BCUT2D eigenvalue weighted by Crippen LogP contribution is 2.00. The molecule has 1 atom stereocenters. The molecule has 0 spiro atoms. The van der Waals surface area contributed by atoms with Gasteiger partial charge in [0, 0.05) is 12.1 Å². The van der Waals surface area contributed by atoms with Crippen molar-refractivity contribution in [3.05, 3.63) is 28.2 Å². The SMILES string of the molecule is CC(C)[C@H](C)NC(=O)c1ccc(=O)[nH]n1. The second-order valence-corrected chi connectivity index (χ2v) is 3.81. The fourth-order valence-corrected chi connectivity index (χ4v) is 0.918. The second kappa shape index (κ2) is 4.72. The van der Waals surface area contributed by atoms with Gasteiger partial charge in [0.05, 0.1) is 0 Å². The summed E-state index contributed by atoms with van der Waals surface area (Å²) in [6.45, 7) is 5.96. The first-order chi connectivity index (χ1) is 7.00. The normalized spacial score (nSPS) is 12.5. The van der Waals surface area contributed by atoms with Crippen molar-refractivity contribution in [2.45, 2.75) is 26.8 Å². The van der Waals surface area contributed by atoms with E-state index in [1.54, 1.807) is 0 Å². The third kappa shape index (κ3) is 3.19. The molecule has 0 fully saturated rings. The number of nitrogens with one attached hydrogen (secondary N) is 2. The number of hydrogen-bond donors (Lipinski definition) is 2. The molecule has 0 radical (unpaired) electrons. The van der Waals surface area contributed by atoms with Crippen molar-refractivity contribution < 1.29 is 4.79 Å². The maximum atomic E-state index is 11.6. The Balaban J connectivity index is 2.69. The van der Waals surface area contributed by atoms with Crippen LogP contribution in [0.25, 0.3) is 0 Å². The Labute approximate surface area is 87.9 Å². The van der Waals surface area contributed by atoms with Crippen LogP contribution < -0.4 is 10.9 Å². The Bertz CT molecular complexity index is 377. The van der Waals surface area contributed by atoms with E-state index in [2.05, 4.69) is 15.5 Å². The fraction of sp³-hybridized carbons (Fsp3) is 0.500. The van der Waals surface area contributed by atoms with Gasteiger partial charge in [-0.2, -0.15) is 5.10 Å². The molecule has 0 bridgehead atoms. The monoisotopic (exact) mass is 209 g/mol. The van der Waals surface area contributed by atoms with Crippen molar-refractivity contribution in [2.24, 2.45) is 5.92 Å². The van der Waals surface area contributed by atoms with Gasteiger partial charge in [-0.1, -0.05) is 13.8 Å². The average molecular weight is 209 g/mol. The van der Waals surface area contributed by atoms with Gasteiger partial charge in [-0.15, -0.1) is 0 Å². The largest absolute Gasteiger partial charge is 0.348 e. The van der Waals surface area contributed by atoms with Gasteiger partial charge in [-0.05, 0) is 18.9 Å². The summed E-state index contributed by atoms with van der Waals surface area (Å²) in [6.07, 6.45) is 0. The summed E-state index contributed by atoms with van der Waals surface area (Å²) in [6, 6.07) is 2.76. The Morgan fingerprint density at radius 2 is 2.07 bits per heavy atom. The van der Waals surface area contributed by atoms with Crippen LogP contribution >= 0.6 is 0 Å². The molecule has 1 aromatic heterocycles. The van der Waals surface area contributed by atoms with E-state index in [0.717, 1.165) is 0 Å². The number of aromatic amines is 1. The topological polar surface area (TPSA) is 74.8 Å². The zero-order chi connectivity index (χ0) is 11.4. The maximum Gasteiger partial charge on any atom is 0.271 e. The minimum atomic E-state index is -0.316. The van der Waals surface area contributed by atoms with Crippen LogP contribution in [0.3, 0.4) is 0 Å². The lowest BCUT2D eigenvalue weighted by Gasteiger charge is -2.16. The minimum absolute atomic E-state index is 0.0752. The van der Waals surface area contributed by atoms with Crippen molar-refractivity contribution in [3.8, 4) is 0 Å². The predicted octanol–water partition coefficient (Wildman–Crippen LogP) is 0.544. The number of carbonyl (C=O) groups excluding carboxylic acids is 1. The zero-order valence-electron chi connectivity index (χ0n) is 9.07. The van der Waals surface area contributed by atoms with Gasteiger partial charge >= 0.3 is 0 Å². The highest BCUT2D eigenvalue weighted by atomic mass is 16.2. The van der Waals surface area contributed by atoms with Crippen molar-refractivity contribution in [1.29, 1.82) is 0 Å². The number of H-pyrrole nitrogens is 1. The van der Waals surface area contributed by atoms with Crippen molar-refractivity contribution in [1.82, 2.24) is 15.5 Å². The summed E-state index contributed by atoms with van der Waals surface area (Å²) in [5, 5.41) is 8.65. The van der Waals surface area contributed by atoms with Crippen molar-refractivity contribution in [3.63, 3.8) is 0 Å². The summed E-state index contributed by atoms with van der Waals surface area (Å²) < 4.78 is 0. The van der Waals surface area contributed by atoms with E-state index in [1.165, 1.54) is 12.1 Å². The van der Waals surface area contributed by atoms with Gasteiger partial charge in [0.25, 0.3) is 11.5 Å². The Hall–Kier alpha value is -1.65. The molecule has 1 rings (SSSR count). The van der Waals surface area contributed by atoms with E-state index in [0.29, 0.717) is 5.92 Å². The van der Waals surface area contributed by atoms with E-state index in [9.17, 15) is 9.59 Å². The van der Waals surface area contributed by atoms with E-state index in [1.807, 2.05) is 20.8 Å². The second-order valence-electron chi connectivity index (χ2n) is 3.81. The Morgan fingerprint density at radius 3 is 2.53 bits per heavy atom. The van der Waals surface area contributed by atoms with Gasteiger partial charge in [0.15, 0.2) is 0 Å². The maximum absolute atomic E-state index is 11.6. The Morgan fingerprint density at radius 1 is 1.40 bits per heavy atom. The van der Waals surface area contributed by atoms with Gasteiger partial charge < -0.3 is 5.32 Å². The molecule has 82 valence electrons. The first-order valence-corrected chi connectivity index (χ1v) is 4.87. The standard InChI is InChI=1S/C10H15N3O2/c1-6(2)7(3)11-10(15)8-4-5-9(14)13-12-8/h4-7H,1-3H3,(H,11,15)(H,13,14)/t7-/m0/s1. The summed E-state index contributed by atoms with van der Waals surface area (Å²) in [5.41, 5.74) is -0.0921. The molecule has 0 aliphatic heterocycles. The average Bonchev–Trinajstić information content (AvgIpc) is 2.18. The molecule has 1 heterocycles. The van der Waals surface area contributed by atoms with Crippen LogP contribution in [0.2, 0.25) is 0 Å². The van der Waals surface area contributed by atoms with Crippen LogP contribution in [-0.2, 0) is 0 Å². The number of nitrogens with zero attached hydrogens (tertiary/aromatic N) is 1. The fourth-order valence-electron chi connectivity index (χ4n) is 0.918. The number of aromatic nitrogens is 2. The molecule has 2 N–H and O–H groups in total. The molecule has 0 saturated carbocycles. The van der Waals surface area contributed by atoms with E-state index >= 15 is 0 Å². The highest BCUT2D eigenvalue weighted by molar-refractivity contribution is 5.92. The zero-order valence-corrected chi connectivity index (χ0v) is 9.07. The van der Waals surface area contributed by atoms with Crippen LogP contribution in [0.15, 0.2) is 16.9 Å². The molecule has 15 heavy (non-hydrogen) atoms. The molecule has 0 aliphatic carbocycles. The van der Waals surface area contributed by atoms with E-state index in [4.69, 9.17) is 0 Å². The number of amides is 1. The third-order valence-corrected chi connectivity index (χ3v) is 2.27. The van der Waals surface area contributed by atoms with Gasteiger partial charge in [0.2, 0.25) is 0 Å². The molecule has 0 saturated heterocycles. The summed E-state index contributed by atoms with van der Waals surface area (Å²) in [7, 11) is 0. The first-order valence-electron chi connectivity index (χ1n) is 4.87. The molecule has 1 amide bonds. The summed E-state index contributed by atoms with van der Waals surface area (Å²) in [4.78, 5) is 22.3. The smallest absolute Gasteiger partial charge is 0.271 e. The molecule has 5 heteroatoms. The van der Waals surface area contributed by atoms with Gasteiger partial charge in [0.1, 0.15) is 5.69 Å². The van der Waals surface area contributed by atoms with E-state index < -0.39 is 0 Å². The van der Waals surface area contributed by atoms with Gasteiger partial charge in [-0.25, -0.2) is 5.10 Å². The van der Waals surface area contributed by atoms with Crippen LogP contribution in [0.1, 0.15) is 31.3 Å². The van der Waals surface area contributed by atoms with Crippen molar-refractivity contribution >= 4 is 5.91 Å². The quantitative estimate of drug-likeness (QED) is 0.763. The van der Waals surface area contributed by atoms with E-state index in [-0.39, 0.29) is 23.2 Å². The molecular weight excluding hydrogens is 194 g/mol. The number of carbonyl (C=O) groups is 1. The lowest BCUT2D eigenvalue weighted by atomic mass is 10.1. The van der Waals surface area contributed by atoms with Crippen molar-refractivity contribution in [2.75, 3.05) is 0 Å². The lowest BCUT2D eigenvalue weighted by Crippen LogP contribution is -2.36. The highest BCUT2D eigenvalue weighted by Gasteiger charge is 2.13. The number of rotatable bonds is 3. The molecule has 0 aliphatic rings. The third-order valence-electron chi connectivity index (χ3n) is 2.27. The minimum Gasteiger partial charge on any atom is -0.348 e. The summed E-state index contributed by atoms with van der Waals surface area (Å²) >= 11 is 0. The van der Waals surface area contributed by atoms with Crippen LogP contribution in [-0.4, -0.2) is 22.1 Å². The predicted molar refractivity (Wildman–Crippen MR) is 56.6 cm³/mol. The summed E-state index contributed by atoms with van der Waals surface area (Å²) in [5.74, 6) is 0.0872. The van der Waals surface area contributed by atoms with Gasteiger partial charge in [-0.3, -0.25) is 9.59 Å². The molecular formula is C10H15N3O2. The molecule has 0 aromatic carbocycles. The number of hydrogen-bond acceptors (Lipinski definition) is 3. The lowest BCUT2D eigenvalue weighted by molar-refractivity contribution is 0.0924. The Kier molecular flexibility index (Phi) is 3.60. The molecule has 5 nitrogen and oxygen atoms in total. The molecule has 0 unspecified atom stereocenters. The molecule has 1 aromatic rings. The van der Waals surface area contributed by atoms with Crippen LogP contribution in [0.5, 0.6) is 0 Å². The first kappa shape index (κ1) is 11.4.